The lowest BCUT2D eigenvalue weighted by atomic mass is 10.0. The number of fused-ring (bicyclic) bond motifs is 1. The monoisotopic (exact) mass is 471 g/mol. The summed E-state index contributed by atoms with van der Waals surface area (Å²) in [6.45, 7) is 2.49. The Bertz CT molecular complexity index is 1270. The van der Waals surface area contributed by atoms with Crippen molar-refractivity contribution in [3.63, 3.8) is 0 Å². The van der Waals surface area contributed by atoms with E-state index in [-0.39, 0.29) is 11.9 Å². The van der Waals surface area contributed by atoms with E-state index in [0.29, 0.717) is 11.7 Å². The van der Waals surface area contributed by atoms with Gasteiger partial charge < -0.3 is 15.5 Å². The van der Waals surface area contributed by atoms with E-state index in [1.165, 1.54) is 17.3 Å². The molecule has 8 heteroatoms. The average molecular weight is 472 g/mol. The number of amides is 1. The zero-order valence-electron chi connectivity index (χ0n) is 18.9. The molecule has 0 spiro atoms. The second-order valence-corrected chi connectivity index (χ2v) is 9.24. The summed E-state index contributed by atoms with van der Waals surface area (Å²) in [5.74, 6) is 1.45. The summed E-state index contributed by atoms with van der Waals surface area (Å²) in [6.07, 6.45) is 0. The highest BCUT2D eigenvalue weighted by molar-refractivity contribution is 8.00. The predicted molar refractivity (Wildman–Crippen MR) is 133 cm³/mol. The van der Waals surface area contributed by atoms with Crippen molar-refractivity contribution in [2.75, 3.05) is 12.5 Å². The van der Waals surface area contributed by atoms with Crippen molar-refractivity contribution in [3.8, 4) is 17.1 Å². The van der Waals surface area contributed by atoms with E-state index in [2.05, 4.69) is 52.1 Å². The summed E-state index contributed by atoms with van der Waals surface area (Å²) >= 11 is 1.42. The van der Waals surface area contributed by atoms with E-state index in [1.54, 1.807) is 7.11 Å². The Kier molecular flexibility index (Phi) is 6.22. The quantitative estimate of drug-likeness (QED) is 0.436. The van der Waals surface area contributed by atoms with Gasteiger partial charge in [0.05, 0.1) is 13.2 Å². The van der Waals surface area contributed by atoms with Crippen LogP contribution in [0, 0.1) is 6.92 Å². The summed E-state index contributed by atoms with van der Waals surface area (Å²) < 4.78 is 7.10. The first-order valence-electron chi connectivity index (χ1n) is 11.0. The number of thioether (sulfide) groups is 1. The molecule has 0 bridgehead atoms. The van der Waals surface area contributed by atoms with E-state index in [4.69, 9.17) is 4.74 Å². The first-order valence-corrected chi connectivity index (χ1v) is 11.9. The lowest BCUT2D eigenvalue weighted by Gasteiger charge is -2.33. The van der Waals surface area contributed by atoms with Crippen molar-refractivity contribution in [2.45, 2.75) is 29.9 Å². The minimum absolute atomic E-state index is 0.0607. The molecule has 0 aliphatic carbocycles. The molecule has 5 rings (SSSR count). The van der Waals surface area contributed by atoms with Crippen LogP contribution in [0.3, 0.4) is 0 Å². The van der Waals surface area contributed by atoms with Crippen molar-refractivity contribution in [1.82, 2.24) is 20.2 Å². The van der Waals surface area contributed by atoms with E-state index >= 15 is 0 Å². The summed E-state index contributed by atoms with van der Waals surface area (Å²) in [4.78, 5) is 13.4. The zero-order chi connectivity index (χ0) is 23.5. The number of nitrogens with zero attached hydrogens (tertiary/aromatic N) is 3. The van der Waals surface area contributed by atoms with E-state index in [0.717, 1.165) is 28.3 Å². The Balaban J connectivity index is 1.42. The lowest BCUT2D eigenvalue weighted by molar-refractivity contribution is -0.121. The third kappa shape index (κ3) is 4.49. The number of methoxy groups -OCH3 is 1. The largest absolute Gasteiger partial charge is 0.497 e. The fraction of sp³-hybridized carbons (Fsp3) is 0.192. The Morgan fingerprint density at radius 2 is 1.76 bits per heavy atom. The Labute approximate surface area is 202 Å². The van der Waals surface area contributed by atoms with Gasteiger partial charge in [-0.05, 0) is 30.2 Å². The molecule has 1 aromatic heterocycles. The van der Waals surface area contributed by atoms with Crippen LogP contribution in [0.4, 0.5) is 0 Å². The van der Waals surface area contributed by atoms with Gasteiger partial charge in [-0.2, -0.15) is 0 Å². The van der Waals surface area contributed by atoms with Crippen LogP contribution >= 0.6 is 11.8 Å². The molecule has 1 aliphatic rings. The summed E-state index contributed by atoms with van der Waals surface area (Å²) in [5, 5.41) is 12.1. The topological polar surface area (TPSA) is 81.1 Å². The van der Waals surface area contributed by atoms with Gasteiger partial charge in [0.15, 0.2) is 5.82 Å². The van der Waals surface area contributed by atoms with Crippen molar-refractivity contribution < 1.29 is 9.53 Å². The number of carbonyl (C=O) groups is 1. The highest BCUT2D eigenvalue weighted by Crippen LogP contribution is 2.38. The fourth-order valence-electron chi connectivity index (χ4n) is 3.89. The summed E-state index contributed by atoms with van der Waals surface area (Å²) in [7, 11) is 1.64. The fourth-order valence-corrected chi connectivity index (χ4v) is 4.99. The second kappa shape index (κ2) is 9.61. The number of rotatable bonds is 6. The van der Waals surface area contributed by atoms with Crippen molar-refractivity contribution >= 4 is 17.7 Å². The third-order valence-corrected chi connectivity index (χ3v) is 7.00. The average Bonchev–Trinajstić information content (AvgIpc) is 3.31. The molecule has 1 amide bonds. The molecule has 0 saturated carbocycles. The molecular formula is C26H25N5O2S. The molecule has 2 heterocycles. The Morgan fingerprint density at radius 3 is 2.47 bits per heavy atom. The molecule has 2 atom stereocenters. The Hall–Kier alpha value is -3.78. The maximum Gasteiger partial charge on any atom is 0.236 e. The van der Waals surface area contributed by atoms with Gasteiger partial charge in [0, 0.05) is 12.1 Å². The molecule has 1 aliphatic heterocycles. The number of aryl methyl sites for hydroxylation is 1. The Morgan fingerprint density at radius 1 is 1.03 bits per heavy atom. The van der Waals surface area contributed by atoms with Crippen LogP contribution in [0.25, 0.3) is 11.4 Å². The van der Waals surface area contributed by atoms with Gasteiger partial charge in [-0.15, -0.1) is 10.2 Å². The molecule has 0 saturated heterocycles. The van der Waals surface area contributed by atoms with Crippen LogP contribution in [0.2, 0.25) is 0 Å². The minimum Gasteiger partial charge on any atom is -0.497 e. The smallest absolute Gasteiger partial charge is 0.236 e. The maximum atomic E-state index is 13.4. The number of aromatic nitrogens is 3. The molecule has 172 valence electrons. The van der Waals surface area contributed by atoms with E-state index in [9.17, 15) is 4.79 Å². The van der Waals surface area contributed by atoms with Gasteiger partial charge in [-0.1, -0.05) is 84.1 Å². The van der Waals surface area contributed by atoms with Gasteiger partial charge in [-0.3, -0.25) is 4.79 Å². The van der Waals surface area contributed by atoms with Crippen LogP contribution in [0.15, 0.2) is 84.0 Å². The van der Waals surface area contributed by atoms with Crippen LogP contribution in [-0.4, -0.2) is 33.1 Å². The van der Waals surface area contributed by atoms with Crippen molar-refractivity contribution in [1.29, 1.82) is 0 Å². The number of carbonyl (C=O) groups excluding carboxylic acids is 1. The number of nitrogens with one attached hydrogen (secondary N) is 2. The highest BCUT2D eigenvalue weighted by atomic mass is 32.2. The van der Waals surface area contributed by atoms with Gasteiger partial charge >= 0.3 is 0 Å². The maximum absolute atomic E-state index is 13.4. The molecule has 4 aromatic rings. The summed E-state index contributed by atoms with van der Waals surface area (Å²) in [6, 6.07) is 25.6. The van der Waals surface area contributed by atoms with Gasteiger partial charge in [0.25, 0.3) is 0 Å². The van der Waals surface area contributed by atoms with Gasteiger partial charge in [0.2, 0.25) is 11.1 Å². The number of hydrogen-bond donors (Lipinski definition) is 2. The van der Waals surface area contributed by atoms with Crippen LogP contribution in [0.1, 0.15) is 22.7 Å². The minimum atomic E-state index is -0.415. The van der Waals surface area contributed by atoms with E-state index < -0.39 is 5.25 Å². The number of ether oxygens (including phenoxy) is 1. The molecule has 7 nitrogen and oxygen atoms in total. The molecule has 0 radical (unpaired) electrons. The SMILES string of the molecule is COc1ccc(CNC(=O)[C@@H]2Sc3nnc(-c4ccccc4)n3N[C@@H]2c2ccc(C)cc2)cc1. The molecule has 34 heavy (non-hydrogen) atoms. The molecule has 0 unspecified atom stereocenters. The standard InChI is InChI=1S/C26H25N5O2S/c1-17-8-12-19(13-9-17)22-23(25(32)27-16-18-10-14-21(33-2)15-11-18)34-26-29-28-24(31(26)30-22)20-6-4-3-5-7-20/h3-15,22-23,30H,16H2,1-2H3,(H,27,32)/t22-,23-/m1/s1. The van der Waals surface area contributed by atoms with Crippen molar-refractivity contribution in [3.05, 3.63) is 95.6 Å². The first kappa shape index (κ1) is 22.0. The lowest BCUT2D eigenvalue weighted by Crippen LogP contribution is -2.43. The predicted octanol–water partition coefficient (Wildman–Crippen LogP) is 4.34. The normalized spacial score (nSPS) is 16.9. The molecule has 0 fully saturated rings. The first-order chi connectivity index (χ1) is 16.6. The van der Waals surface area contributed by atoms with Crippen LogP contribution in [0.5, 0.6) is 5.75 Å². The molecular weight excluding hydrogens is 446 g/mol. The van der Waals surface area contributed by atoms with E-state index in [1.807, 2.05) is 59.3 Å². The highest BCUT2D eigenvalue weighted by Gasteiger charge is 2.37. The zero-order valence-corrected chi connectivity index (χ0v) is 19.8. The molecule has 2 N–H and O–H groups in total. The third-order valence-electron chi connectivity index (χ3n) is 5.79. The number of hydrogen-bond acceptors (Lipinski definition) is 6. The van der Waals surface area contributed by atoms with Crippen LogP contribution in [-0.2, 0) is 11.3 Å². The van der Waals surface area contributed by atoms with Crippen molar-refractivity contribution in [2.24, 2.45) is 0 Å². The second-order valence-electron chi connectivity index (χ2n) is 8.13. The van der Waals surface area contributed by atoms with Crippen LogP contribution < -0.4 is 15.5 Å². The molecule has 3 aromatic carbocycles. The number of benzene rings is 3. The summed E-state index contributed by atoms with van der Waals surface area (Å²) in [5.41, 5.74) is 7.68. The van der Waals surface area contributed by atoms with Gasteiger partial charge in [0.1, 0.15) is 11.0 Å². The van der Waals surface area contributed by atoms with Gasteiger partial charge in [-0.25, -0.2) is 4.68 Å².